The number of hydrogen-bond donors (Lipinski definition) is 1. The van der Waals surface area contributed by atoms with E-state index in [0.717, 1.165) is 13.2 Å². The van der Waals surface area contributed by atoms with Crippen LogP contribution in [0.2, 0.25) is 0 Å². The molecule has 0 aromatic rings. The molecule has 1 rings (SSSR count). The predicted molar refractivity (Wildman–Crippen MR) is 57.5 cm³/mol. The summed E-state index contributed by atoms with van der Waals surface area (Å²) in [6.45, 7) is 9.55. The lowest BCUT2D eigenvalue weighted by molar-refractivity contribution is -0.0367. The van der Waals surface area contributed by atoms with Crippen molar-refractivity contribution in [3.8, 4) is 0 Å². The number of rotatable bonds is 5. The van der Waals surface area contributed by atoms with Gasteiger partial charge in [-0.15, -0.1) is 0 Å². The molecule has 1 fully saturated rings. The van der Waals surface area contributed by atoms with E-state index in [4.69, 9.17) is 9.47 Å². The Kier molecular flexibility index (Phi) is 4.85. The minimum Gasteiger partial charge on any atom is -0.377 e. The van der Waals surface area contributed by atoms with Gasteiger partial charge < -0.3 is 14.8 Å². The highest BCUT2D eigenvalue weighted by atomic mass is 16.5. The zero-order valence-electron chi connectivity index (χ0n) is 9.64. The fourth-order valence-electron chi connectivity index (χ4n) is 1.53. The Morgan fingerprint density at radius 2 is 2.07 bits per heavy atom. The zero-order valence-corrected chi connectivity index (χ0v) is 9.64. The van der Waals surface area contributed by atoms with Crippen molar-refractivity contribution in [3.63, 3.8) is 0 Å². The van der Waals surface area contributed by atoms with Gasteiger partial charge in [-0.3, -0.25) is 0 Å². The average molecular weight is 201 g/mol. The molecule has 1 atom stereocenters. The molecule has 0 bridgehead atoms. The van der Waals surface area contributed by atoms with Crippen molar-refractivity contribution in [1.29, 1.82) is 0 Å². The van der Waals surface area contributed by atoms with Crippen LogP contribution in [0, 0.1) is 0 Å². The van der Waals surface area contributed by atoms with E-state index < -0.39 is 0 Å². The SMILES string of the molecule is CC(C)(C)OCCOCC1CCCN1. The summed E-state index contributed by atoms with van der Waals surface area (Å²) in [6, 6.07) is 0.574. The highest BCUT2D eigenvalue weighted by Gasteiger charge is 2.14. The summed E-state index contributed by atoms with van der Waals surface area (Å²) in [7, 11) is 0. The van der Waals surface area contributed by atoms with Crippen LogP contribution in [-0.2, 0) is 9.47 Å². The molecule has 0 spiro atoms. The van der Waals surface area contributed by atoms with Gasteiger partial charge in [0.05, 0.1) is 25.4 Å². The molecule has 0 aliphatic carbocycles. The van der Waals surface area contributed by atoms with Gasteiger partial charge in [0.15, 0.2) is 0 Å². The third kappa shape index (κ3) is 5.58. The Morgan fingerprint density at radius 3 is 2.64 bits per heavy atom. The Bertz CT molecular complexity index is 148. The topological polar surface area (TPSA) is 30.5 Å². The maximum Gasteiger partial charge on any atom is 0.0707 e. The number of ether oxygens (including phenoxy) is 2. The Balaban J connectivity index is 1.89. The Labute approximate surface area is 87.2 Å². The fraction of sp³-hybridized carbons (Fsp3) is 1.00. The van der Waals surface area contributed by atoms with Crippen LogP contribution < -0.4 is 5.32 Å². The van der Waals surface area contributed by atoms with E-state index in [9.17, 15) is 0 Å². The lowest BCUT2D eigenvalue weighted by atomic mass is 10.2. The van der Waals surface area contributed by atoms with Crippen molar-refractivity contribution in [3.05, 3.63) is 0 Å². The molecule has 0 radical (unpaired) electrons. The van der Waals surface area contributed by atoms with Crippen molar-refractivity contribution in [2.24, 2.45) is 0 Å². The maximum atomic E-state index is 5.55. The van der Waals surface area contributed by atoms with Crippen LogP contribution in [0.15, 0.2) is 0 Å². The summed E-state index contributed by atoms with van der Waals surface area (Å²) in [6.07, 6.45) is 2.53. The van der Waals surface area contributed by atoms with E-state index in [-0.39, 0.29) is 5.60 Å². The molecule has 1 heterocycles. The van der Waals surface area contributed by atoms with E-state index in [2.05, 4.69) is 26.1 Å². The molecule has 3 heteroatoms. The minimum atomic E-state index is -0.0467. The highest BCUT2D eigenvalue weighted by molar-refractivity contribution is 4.73. The van der Waals surface area contributed by atoms with E-state index in [1.54, 1.807) is 0 Å². The van der Waals surface area contributed by atoms with Crippen molar-refractivity contribution in [2.75, 3.05) is 26.4 Å². The van der Waals surface area contributed by atoms with E-state index >= 15 is 0 Å². The molecule has 0 amide bonds. The van der Waals surface area contributed by atoms with Crippen LogP contribution in [0.5, 0.6) is 0 Å². The smallest absolute Gasteiger partial charge is 0.0707 e. The molecule has 1 aliphatic heterocycles. The van der Waals surface area contributed by atoms with Gasteiger partial charge in [0.1, 0.15) is 0 Å². The zero-order chi connectivity index (χ0) is 10.4. The summed E-state index contributed by atoms with van der Waals surface area (Å²) in [5.74, 6) is 0. The van der Waals surface area contributed by atoms with E-state index in [0.29, 0.717) is 19.3 Å². The summed E-state index contributed by atoms with van der Waals surface area (Å²) < 4.78 is 11.1. The van der Waals surface area contributed by atoms with Crippen LogP contribution in [0.4, 0.5) is 0 Å². The Morgan fingerprint density at radius 1 is 1.29 bits per heavy atom. The van der Waals surface area contributed by atoms with Crippen molar-refractivity contribution >= 4 is 0 Å². The molecular weight excluding hydrogens is 178 g/mol. The highest BCUT2D eigenvalue weighted by Crippen LogP contribution is 2.07. The molecule has 1 saturated heterocycles. The molecule has 0 aromatic heterocycles. The molecule has 0 saturated carbocycles. The first kappa shape index (κ1) is 12.0. The lowest BCUT2D eigenvalue weighted by Crippen LogP contribution is -2.28. The van der Waals surface area contributed by atoms with Gasteiger partial charge >= 0.3 is 0 Å². The van der Waals surface area contributed by atoms with Crippen LogP contribution in [0.1, 0.15) is 33.6 Å². The van der Waals surface area contributed by atoms with Gasteiger partial charge in [-0.2, -0.15) is 0 Å². The lowest BCUT2D eigenvalue weighted by Gasteiger charge is -2.19. The Hall–Kier alpha value is -0.120. The summed E-state index contributed by atoms with van der Waals surface area (Å²) in [4.78, 5) is 0. The van der Waals surface area contributed by atoms with Crippen molar-refractivity contribution in [1.82, 2.24) is 5.32 Å². The molecule has 3 nitrogen and oxygen atoms in total. The van der Waals surface area contributed by atoms with Crippen LogP contribution in [-0.4, -0.2) is 38.0 Å². The number of nitrogens with one attached hydrogen (secondary N) is 1. The second kappa shape index (κ2) is 5.69. The summed E-state index contributed by atoms with van der Waals surface area (Å²) >= 11 is 0. The molecule has 14 heavy (non-hydrogen) atoms. The normalized spacial score (nSPS) is 22.9. The molecule has 1 N–H and O–H groups in total. The number of hydrogen-bond acceptors (Lipinski definition) is 3. The second-order valence-electron chi connectivity index (χ2n) is 4.83. The molecular formula is C11H23NO2. The van der Waals surface area contributed by atoms with Crippen molar-refractivity contribution in [2.45, 2.75) is 45.3 Å². The molecule has 0 aromatic carbocycles. The fourth-order valence-corrected chi connectivity index (χ4v) is 1.53. The van der Waals surface area contributed by atoms with Gasteiger partial charge in [0.2, 0.25) is 0 Å². The van der Waals surface area contributed by atoms with Crippen LogP contribution in [0.25, 0.3) is 0 Å². The van der Waals surface area contributed by atoms with Crippen LogP contribution in [0.3, 0.4) is 0 Å². The third-order valence-electron chi connectivity index (χ3n) is 2.24. The van der Waals surface area contributed by atoms with Crippen LogP contribution >= 0.6 is 0 Å². The van der Waals surface area contributed by atoms with Gasteiger partial charge in [0, 0.05) is 6.04 Å². The molecule has 1 aliphatic rings. The second-order valence-corrected chi connectivity index (χ2v) is 4.83. The first-order valence-electron chi connectivity index (χ1n) is 5.53. The standard InChI is InChI=1S/C11H23NO2/c1-11(2,3)14-8-7-13-9-10-5-4-6-12-10/h10,12H,4-9H2,1-3H3. The van der Waals surface area contributed by atoms with Gasteiger partial charge in [-0.1, -0.05) is 0 Å². The van der Waals surface area contributed by atoms with Crippen molar-refractivity contribution < 1.29 is 9.47 Å². The molecule has 1 unspecified atom stereocenters. The quantitative estimate of drug-likeness (QED) is 0.685. The van der Waals surface area contributed by atoms with E-state index in [1.165, 1.54) is 12.8 Å². The average Bonchev–Trinajstić information content (AvgIpc) is 2.54. The van der Waals surface area contributed by atoms with Gasteiger partial charge in [-0.25, -0.2) is 0 Å². The van der Waals surface area contributed by atoms with Gasteiger partial charge in [-0.05, 0) is 40.2 Å². The maximum absolute atomic E-state index is 5.55. The predicted octanol–water partition coefficient (Wildman–Crippen LogP) is 1.57. The van der Waals surface area contributed by atoms with Gasteiger partial charge in [0.25, 0.3) is 0 Å². The molecule has 84 valence electrons. The largest absolute Gasteiger partial charge is 0.377 e. The third-order valence-corrected chi connectivity index (χ3v) is 2.24. The first-order chi connectivity index (χ1) is 6.58. The minimum absolute atomic E-state index is 0.0467. The van der Waals surface area contributed by atoms with E-state index in [1.807, 2.05) is 0 Å². The first-order valence-corrected chi connectivity index (χ1v) is 5.53. The summed E-state index contributed by atoms with van der Waals surface area (Å²) in [5.41, 5.74) is -0.0467. The summed E-state index contributed by atoms with van der Waals surface area (Å²) in [5, 5.41) is 3.40. The monoisotopic (exact) mass is 201 g/mol.